The molecule has 0 amide bonds. The average molecular weight is 384 g/mol. The Morgan fingerprint density at radius 1 is 0.929 bits per heavy atom. The first-order valence-electron chi connectivity index (χ1n) is 10.5. The normalized spacial score (nSPS) is 10.5. The lowest BCUT2D eigenvalue weighted by Crippen LogP contribution is -2.06. The lowest BCUT2D eigenvalue weighted by molar-refractivity contribution is 0.0526. The monoisotopic (exact) mass is 383 g/mol. The van der Waals surface area contributed by atoms with E-state index in [9.17, 15) is 4.79 Å². The number of rotatable bonds is 13. The van der Waals surface area contributed by atoms with Gasteiger partial charge in [-0.25, -0.2) is 4.79 Å². The highest BCUT2D eigenvalue weighted by molar-refractivity contribution is 5.90. The highest BCUT2D eigenvalue weighted by Gasteiger charge is 2.06. The van der Waals surface area contributed by atoms with Gasteiger partial charge in [0.2, 0.25) is 0 Å². The lowest BCUT2D eigenvalue weighted by atomic mass is 10.1. The molecule has 0 fully saturated rings. The van der Waals surface area contributed by atoms with Crippen LogP contribution in [0.25, 0.3) is 0 Å². The minimum atomic E-state index is -0.294. The second-order valence-corrected chi connectivity index (χ2v) is 6.92. The van der Waals surface area contributed by atoms with E-state index in [1.165, 1.54) is 32.1 Å². The molecule has 2 rings (SSSR count). The summed E-state index contributed by atoms with van der Waals surface area (Å²) in [6.07, 6.45) is 7.62. The van der Waals surface area contributed by atoms with Crippen molar-refractivity contribution in [1.82, 2.24) is 0 Å². The minimum absolute atomic E-state index is 0.294. The number of esters is 1. The molecule has 152 valence electrons. The summed E-state index contributed by atoms with van der Waals surface area (Å²) in [6, 6.07) is 15.5. The third kappa shape index (κ3) is 8.03. The van der Waals surface area contributed by atoms with E-state index in [-0.39, 0.29) is 5.97 Å². The fourth-order valence-corrected chi connectivity index (χ4v) is 2.95. The first kappa shape index (κ1) is 21.8. The summed E-state index contributed by atoms with van der Waals surface area (Å²) in [7, 11) is 0. The van der Waals surface area contributed by atoms with Gasteiger partial charge < -0.3 is 14.8 Å². The van der Waals surface area contributed by atoms with E-state index in [0.717, 1.165) is 30.0 Å². The molecule has 0 unspecified atom stereocenters. The van der Waals surface area contributed by atoms with Gasteiger partial charge in [0.25, 0.3) is 0 Å². The zero-order valence-electron chi connectivity index (χ0n) is 17.2. The van der Waals surface area contributed by atoms with Gasteiger partial charge in [0, 0.05) is 12.2 Å². The molecular formula is C24H33NO3. The number of carbonyl (C=O) groups is 1. The molecule has 2 aromatic rings. The Bertz CT molecular complexity index is 697. The van der Waals surface area contributed by atoms with Crippen LogP contribution in [0, 0.1) is 0 Å². The summed E-state index contributed by atoms with van der Waals surface area (Å²) < 4.78 is 10.9. The largest absolute Gasteiger partial charge is 0.494 e. The van der Waals surface area contributed by atoms with E-state index in [4.69, 9.17) is 9.47 Å². The number of carbonyl (C=O) groups excluding carboxylic acids is 1. The van der Waals surface area contributed by atoms with Crippen molar-refractivity contribution in [2.24, 2.45) is 0 Å². The van der Waals surface area contributed by atoms with Crippen molar-refractivity contribution in [3.8, 4) is 5.75 Å². The second kappa shape index (κ2) is 12.8. The number of ether oxygens (including phenoxy) is 2. The highest BCUT2D eigenvalue weighted by atomic mass is 16.5. The Morgan fingerprint density at radius 3 is 2.43 bits per heavy atom. The topological polar surface area (TPSA) is 47.6 Å². The Morgan fingerprint density at radius 2 is 1.68 bits per heavy atom. The molecule has 2 aromatic carbocycles. The molecular weight excluding hydrogens is 350 g/mol. The van der Waals surface area contributed by atoms with Gasteiger partial charge >= 0.3 is 5.97 Å². The van der Waals surface area contributed by atoms with Crippen LogP contribution in [0.1, 0.15) is 68.3 Å². The lowest BCUT2D eigenvalue weighted by Gasteiger charge is -2.10. The van der Waals surface area contributed by atoms with E-state index >= 15 is 0 Å². The van der Waals surface area contributed by atoms with Crippen LogP contribution in [-0.4, -0.2) is 19.2 Å². The average Bonchev–Trinajstić information content (AvgIpc) is 2.73. The molecule has 0 aliphatic rings. The summed E-state index contributed by atoms with van der Waals surface area (Å²) in [4.78, 5) is 11.8. The van der Waals surface area contributed by atoms with Crippen molar-refractivity contribution < 1.29 is 14.3 Å². The summed E-state index contributed by atoms with van der Waals surface area (Å²) in [5.74, 6) is 0.625. The molecule has 0 radical (unpaired) electrons. The Kier molecular flexibility index (Phi) is 9.98. The molecule has 0 atom stereocenters. The van der Waals surface area contributed by atoms with Crippen LogP contribution in [0.4, 0.5) is 5.69 Å². The maximum Gasteiger partial charge on any atom is 0.338 e. The van der Waals surface area contributed by atoms with Crippen molar-refractivity contribution in [3.63, 3.8) is 0 Å². The zero-order valence-corrected chi connectivity index (χ0v) is 17.2. The third-order valence-corrected chi connectivity index (χ3v) is 4.56. The van der Waals surface area contributed by atoms with E-state index in [1.54, 1.807) is 13.0 Å². The summed E-state index contributed by atoms with van der Waals surface area (Å²) in [6.45, 7) is 5.89. The smallest absolute Gasteiger partial charge is 0.338 e. The molecule has 4 heteroatoms. The van der Waals surface area contributed by atoms with E-state index < -0.39 is 0 Å². The molecule has 0 aliphatic heterocycles. The SMILES string of the molecule is CCCCCCCCOc1ccc(CNc2cccc(C(=O)OCC)c2)cc1. The number of anilines is 1. The van der Waals surface area contributed by atoms with Gasteiger partial charge in [-0.15, -0.1) is 0 Å². The van der Waals surface area contributed by atoms with Crippen molar-refractivity contribution in [2.75, 3.05) is 18.5 Å². The molecule has 0 aromatic heterocycles. The van der Waals surface area contributed by atoms with Crippen LogP contribution in [0.15, 0.2) is 48.5 Å². The highest BCUT2D eigenvalue weighted by Crippen LogP contribution is 2.16. The van der Waals surface area contributed by atoms with Crippen LogP contribution in [0.2, 0.25) is 0 Å². The number of benzene rings is 2. The molecule has 0 bridgehead atoms. The Hall–Kier alpha value is -2.49. The quantitative estimate of drug-likeness (QED) is 0.330. The first-order chi connectivity index (χ1) is 13.7. The fourth-order valence-electron chi connectivity index (χ4n) is 2.95. The summed E-state index contributed by atoms with van der Waals surface area (Å²) >= 11 is 0. The molecule has 0 aliphatic carbocycles. The Labute approximate surface area is 169 Å². The Balaban J connectivity index is 1.72. The minimum Gasteiger partial charge on any atom is -0.494 e. The number of hydrogen-bond donors (Lipinski definition) is 1. The van der Waals surface area contributed by atoms with Gasteiger partial charge in [0.05, 0.1) is 18.8 Å². The van der Waals surface area contributed by atoms with Crippen LogP contribution < -0.4 is 10.1 Å². The maximum atomic E-state index is 11.8. The standard InChI is InChI=1S/C24H33NO3/c1-3-5-6-7-8-9-17-28-23-15-13-20(14-16-23)19-25-22-12-10-11-21(18-22)24(26)27-4-2/h10-16,18,25H,3-9,17,19H2,1-2H3. The number of hydrogen-bond acceptors (Lipinski definition) is 4. The van der Waals surface area contributed by atoms with Gasteiger partial charge in [-0.2, -0.15) is 0 Å². The van der Waals surface area contributed by atoms with Crippen LogP contribution >= 0.6 is 0 Å². The fraction of sp³-hybridized carbons (Fsp3) is 0.458. The molecule has 0 saturated heterocycles. The van der Waals surface area contributed by atoms with E-state index in [2.05, 4.69) is 24.4 Å². The first-order valence-corrected chi connectivity index (χ1v) is 10.5. The third-order valence-electron chi connectivity index (χ3n) is 4.56. The van der Waals surface area contributed by atoms with Gasteiger partial charge in [0.15, 0.2) is 0 Å². The number of nitrogens with one attached hydrogen (secondary N) is 1. The van der Waals surface area contributed by atoms with Crippen LogP contribution in [0.5, 0.6) is 5.75 Å². The summed E-state index contributed by atoms with van der Waals surface area (Å²) in [5, 5.41) is 3.35. The number of unbranched alkanes of at least 4 members (excludes halogenated alkanes) is 5. The molecule has 0 spiro atoms. The van der Waals surface area contributed by atoms with Crippen molar-refractivity contribution in [3.05, 3.63) is 59.7 Å². The maximum absolute atomic E-state index is 11.8. The van der Waals surface area contributed by atoms with Crippen LogP contribution in [-0.2, 0) is 11.3 Å². The van der Waals surface area contributed by atoms with Crippen molar-refractivity contribution >= 4 is 11.7 Å². The molecule has 0 heterocycles. The van der Waals surface area contributed by atoms with Gasteiger partial charge in [-0.1, -0.05) is 57.2 Å². The zero-order chi connectivity index (χ0) is 20.0. The van der Waals surface area contributed by atoms with Crippen molar-refractivity contribution in [1.29, 1.82) is 0 Å². The van der Waals surface area contributed by atoms with E-state index in [1.807, 2.05) is 30.3 Å². The predicted molar refractivity (Wildman–Crippen MR) is 115 cm³/mol. The van der Waals surface area contributed by atoms with Crippen LogP contribution in [0.3, 0.4) is 0 Å². The molecule has 1 N–H and O–H groups in total. The molecule has 0 saturated carbocycles. The molecule has 4 nitrogen and oxygen atoms in total. The van der Waals surface area contributed by atoms with Gasteiger partial charge in [0.1, 0.15) is 5.75 Å². The second-order valence-electron chi connectivity index (χ2n) is 6.92. The molecule has 28 heavy (non-hydrogen) atoms. The van der Waals surface area contributed by atoms with Crippen molar-refractivity contribution in [2.45, 2.75) is 58.9 Å². The predicted octanol–water partition coefficient (Wildman–Crippen LogP) is 6.21. The van der Waals surface area contributed by atoms with E-state index in [0.29, 0.717) is 18.7 Å². The summed E-state index contributed by atoms with van der Waals surface area (Å²) in [5.41, 5.74) is 2.62. The van der Waals surface area contributed by atoms with Gasteiger partial charge in [-0.05, 0) is 49.2 Å². The van der Waals surface area contributed by atoms with Gasteiger partial charge in [-0.3, -0.25) is 0 Å².